The highest BCUT2D eigenvalue weighted by atomic mass is 16.6. The number of hydrogen-bond donors (Lipinski definition) is 0. The number of benzene rings is 1. The molecule has 1 rings (SSSR count). The van der Waals surface area contributed by atoms with Crippen molar-refractivity contribution in [1.82, 2.24) is 0 Å². The minimum atomic E-state index is -0.676. The van der Waals surface area contributed by atoms with Gasteiger partial charge in [-0.2, -0.15) is 0 Å². The number of ether oxygens (including phenoxy) is 1. The zero-order valence-electron chi connectivity index (χ0n) is 9.25. The molecule has 0 aliphatic carbocycles. The van der Waals surface area contributed by atoms with Gasteiger partial charge in [0.05, 0.1) is 29.1 Å². The van der Waals surface area contributed by atoms with Crippen LogP contribution in [0.1, 0.15) is 12.5 Å². The van der Waals surface area contributed by atoms with Crippen molar-refractivity contribution in [2.75, 3.05) is 7.11 Å². The molecule has 0 radical (unpaired) electrons. The van der Waals surface area contributed by atoms with Crippen molar-refractivity contribution < 1.29 is 14.6 Å². The summed E-state index contributed by atoms with van der Waals surface area (Å²) in [7, 11) is 1.29. The lowest BCUT2D eigenvalue weighted by atomic mass is 10.1. The molecule has 7 heteroatoms. The second-order valence-corrected chi connectivity index (χ2v) is 3.09. The van der Waals surface area contributed by atoms with E-state index in [1.54, 1.807) is 6.92 Å². The van der Waals surface area contributed by atoms with Gasteiger partial charge in [-0.15, -0.1) is 0 Å². The number of nitro groups is 2. The van der Waals surface area contributed by atoms with Gasteiger partial charge in [-0.25, -0.2) is 0 Å². The Morgan fingerprint density at radius 3 is 1.94 bits per heavy atom. The SMILES string of the molecule is C/C=C/c1c([N+](=O)[O-])cc(OC)cc1[N+](=O)[O-]. The number of rotatable bonds is 4. The number of methoxy groups -OCH3 is 1. The van der Waals surface area contributed by atoms with Crippen LogP contribution in [-0.2, 0) is 0 Å². The predicted octanol–water partition coefficient (Wildman–Crippen LogP) is 2.54. The minimum Gasteiger partial charge on any atom is -0.496 e. The number of hydrogen-bond acceptors (Lipinski definition) is 5. The Morgan fingerprint density at radius 1 is 1.18 bits per heavy atom. The van der Waals surface area contributed by atoms with Crippen LogP contribution in [0.15, 0.2) is 18.2 Å². The molecule has 0 fully saturated rings. The molecule has 0 aromatic heterocycles. The van der Waals surface area contributed by atoms with Crippen molar-refractivity contribution in [2.24, 2.45) is 0 Å². The summed E-state index contributed by atoms with van der Waals surface area (Å²) in [6.07, 6.45) is 2.83. The summed E-state index contributed by atoms with van der Waals surface area (Å²) in [6, 6.07) is 2.31. The molecule has 1 aromatic rings. The van der Waals surface area contributed by atoms with Crippen molar-refractivity contribution in [1.29, 1.82) is 0 Å². The average molecular weight is 238 g/mol. The molecular weight excluding hydrogens is 228 g/mol. The summed E-state index contributed by atoms with van der Waals surface area (Å²) in [5.41, 5.74) is -0.744. The van der Waals surface area contributed by atoms with E-state index in [1.807, 2.05) is 0 Å². The van der Waals surface area contributed by atoms with Crippen molar-refractivity contribution in [2.45, 2.75) is 6.92 Å². The van der Waals surface area contributed by atoms with Crippen LogP contribution in [-0.4, -0.2) is 17.0 Å². The first kappa shape index (κ1) is 12.6. The molecule has 0 aliphatic heterocycles. The van der Waals surface area contributed by atoms with Gasteiger partial charge in [0, 0.05) is 0 Å². The third-order valence-corrected chi connectivity index (χ3v) is 2.07. The smallest absolute Gasteiger partial charge is 0.287 e. The first-order valence-corrected chi connectivity index (χ1v) is 4.64. The van der Waals surface area contributed by atoms with Gasteiger partial charge in [-0.3, -0.25) is 20.2 Å². The van der Waals surface area contributed by atoms with Crippen LogP contribution in [0.5, 0.6) is 5.75 Å². The fourth-order valence-electron chi connectivity index (χ4n) is 1.36. The molecule has 17 heavy (non-hydrogen) atoms. The monoisotopic (exact) mass is 238 g/mol. The molecule has 0 N–H and O–H groups in total. The topological polar surface area (TPSA) is 95.5 Å². The van der Waals surface area contributed by atoms with Crippen LogP contribution in [0.25, 0.3) is 6.08 Å². The maximum absolute atomic E-state index is 10.8. The van der Waals surface area contributed by atoms with Crippen molar-refractivity contribution in [3.05, 3.63) is 44.0 Å². The molecule has 90 valence electrons. The first-order chi connectivity index (χ1) is 8.01. The lowest BCUT2D eigenvalue weighted by molar-refractivity contribution is -0.394. The molecule has 0 saturated carbocycles. The lowest BCUT2D eigenvalue weighted by Gasteiger charge is -2.03. The summed E-state index contributed by atoms with van der Waals surface area (Å²) in [5, 5.41) is 21.7. The Morgan fingerprint density at radius 2 is 1.65 bits per heavy atom. The zero-order chi connectivity index (χ0) is 13.0. The molecule has 0 bridgehead atoms. The zero-order valence-corrected chi connectivity index (χ0v) is 9.25. The molecule has 0 atom stereocenters. The first-order valence-electron chi connectivity index (χ1n) is 4.64. The van der Waals surface area contributed by atoms with E-state index in [4.69, 9.17) is 4.74 Å². The van der Waals surface area contributed by atoms with Crippen LogP contribution >= 0.6 is 0 Å². The molecule has 0 saturated heterocycles. The molecule has 0 spiro atoms. The largest absolute Gasteiger partial charge is 0.496 e. The highest BCUT2D eigenvalue weighted by Crippen LogP contribution is 2.34. The quantitative estimate of drug-likeness (QED) is 0.593. The summed E-state index contributed by atoms with van der Waals surface area (Å²) >= 11 is 0. The van der Waals surface area contributed by atoms with Gasteiger partial charge in [0.2, 0.25) is 0 Å². The summed E-state index contributed by atoms with van der Waals surface area (Å²) in [5.74, 6) is 0.0802. The fourth-order valence-corrected chi connectivity index (χ4v) is 1.36. The maximum Gasteiger partial charge on any atom is 0.287 e. The van der Waals surface area contributed by atoms with Gasteiger partial charge < -0.3 is 4.74 Å². The van der Waals surface area contributed by atoms with Gasteiger partial charge >= 0.3 is 0 Å². The third kappa shape index (κ3) is 2.57. The lowest BCUT2D eigenvalue weighted by Crippen LogP contribution is -1.99. The Balaban J connectivity index is 3.60. The van der Waals surface area contributed by atoms with Gasteiger partial charge in [-0.1, -0.05) is 6.08 Å². The normalized spacial score (nSPS) is 10.5. The summed E-state index contributed by atoms with van der Waals surface area (Å²) in [4.78, 5) is 20.3. The van der Waals surface area contributed by atoms with Crippen LogP contribution in [0.3, 0.4) is 0 Å². The molecule has 0 heterocycles. The molecular formula is C10H10N2O5. The molecule has 7 nitrogen and oxygen atoms in total. The van der Waals surface area contributed by atoms with Crippen LogP contribution in [0.2, 0.25) is 0 Å². The summed E-state index contributed by atoms with van der Waals surface area (Å²) in [6.45, 7) is 1.62. The van der Waals surface area contributed by atoms with Crippen LogP contribution in [0.4, 0.5) is 11.4 Å². The summed E-state index contributed by atoms with van der Waals surface area (Å²) < 4.78 is 4.80. The van der Waals surface area contributed by atoms with Crippen LogP contribution in [0, 0.1) is 20.2 Å². The van der Waals surface area contributed by atoms with E-state index < -0.39 is 9.85 Å². The Kier molecular flexibility index (Phi) is 3.76. The van der Waals surface area contributed by atoms with Gasteiger partial charge in [-0.05, 0) is 13.0 Å². The van der Waals surface area contributed by atoms with E-state index in [2.05, 4.69) is 0 Å². The fraction of sp³-hybridized carbons (Fsp3) is 0.200. The standard InChI is InChI=1S/C10H10N2O5/c1-3-4-8-9(11(13)14)5-7(17-2)6-10(8)12(15)16/h3-6H,1-2H3/b4-3+. The molecule has 0 aliphatic rings. The van der Waals surface area contributed by atoms with E-state index in [1.165, 1.54) is 19.3 Å². The Labute approximate surface area is 96.6 Å². The van der Waals surface area contributed by atoms with Gasteiger partial charge in [0.15, 0.2) is 0 Å². The highest BCUT2D eigenvalue weighted by Gasteiger charge is 2.24. The van der Waals surface area contributed by atoms with E-state index in [0.717, 1.165) is 12.1 Å². The molecule has 0 unspecified atom stereocenters. The maximum atomic E-state index is 10.8. The van der Waals surface area contributed by atoms with Crippen molar-refractivity contribution in [3.8, 4) is 5.75 Å². The van der Waals surface area contributed by atoms with Crippen LogP contribution < -0.4 is 4.74 Å². The second kappa shape index (κ2) is 5.06. The number of nitro benzene ring substituents is 2. The van der Waals surface area contributed by atoms with E-state index >= 15 is 0 Å². The second-order valence-electron chi connectivity index (χ2n) is 3.09. The number of nitrogens with zero attached hydrogens (tertiary/aromatic N) is 2. The number of allylic oxidation sites excluding steroid dienone is 1. The predicted molar refractivity (Wildman–Crippen MR) is 61.0 cm³/mol. The molecule has 0 amide bonds. The van der Waals surface area contributed by atoms with Gasteiger partial charge in [0.25, 0.3) is 11.4 Å². The minimum absolute atomic E-state index is 0.0386. The van der Waals surface area contributed by atoms with Crippen molar-refractivity contribution >= 4 is 17.5 Å². The Bertz CT molecular complexity index is 460. The highest BCUT2D eigenvalue weighted by molar-refractivity contribution is 5.72. The van der Waals surface area contributed by atoms with Gasteiger partial charge in [0.1, 0.15) is 11.3 Å². The van der Waals surface area contributed by atoms with E-state index in [-0.39, 0.29) is 22.7 Å². The molecule has 1 aromatic carbocycles. The van der Waals surface area contributed by atoms with E-state index in [0.29, 0.717) is 0 Å². The van der Waals surface area contributed by atoms with E-state index in [9.17, 15) is 20.2 Å². The Hall–Kier alpha value is -2.44. The van der Waals surface area contributed by atoms with Crippen molar-refractivity contribution in [3.63, 3.8) is 0 Å². The third-order valence-electron chi connectivity index (χ3n) is 2.07. The average Bonchev–Trinajstić information content (AvgIpc) is 2.28.